The number of aromatic hydroxyl groups is 1. The van der Waals surface area contributed by atoms with Gasteiger partial charge in [-0.25, -0.2) is 9.59 Å². The van der Waals surface area contributed by atoms with Crippen molar-refractivity contribution in [2.45, 2.75) is 0 Å². The number of hydrogen-bond acceptors (Lipinski definition) is 4. The predicted octanol–water partition coefficient (Wildman–Crippen LogP) is 1.74. The first kappa shape index (κ1) is 15.4. The average Bonchev–Trinajstić information content (AvgIpc) is 2.40. The SMILES string of the molecule is O=C(OC(=O)c1ccccc1O)c1ccccc1.[NaH]. The van der Waals surface area contributed by atoms with Gasteiger partial charge in [-0.2, -0.15) is 0 Å². The second-order valence-electron chi connectivity index (χ2n) is 3.56. The number of carbonyl (C=O) groups excluding carboxylic acids is 2. The van der Waals surface area contributed by atoms with Crippen molar-refractivity contribution < 1.29 is 19.4 Å². The third-order valence-electron chi connectivity index (χ3n) is 2.32. The molecule has 0 spiro atoms. The maximum absolute atomic E-state index is 11.6. The van der Waals surface area contributed by atoms with Crippen LogP contribution in [-0.4, -0.2) is 46.6 Å². The van der Waals surface area contributed by atoms with Gasteiger partial charge in [0.25, 0.3) is 0 Å². The molecule has 0 aliphatic rings. The van der Waals surface area contributed by atoms with Crippen LogP contribution in [0.3, 0.4) is 0 Å². The number of para-hydroxylation sites is 1. The van der Waals surface area contributed by atoms with Gasteiger partial charge in [-0.05, 0) is 24.3 Å². The summed E-state index contributed by atoms with van der Waals surface area (Å²) in [4.78, 5) is 23.3. The number of esters is 2. The summed E-state index contributed by atoms with van der Waals surface area (Å²) < 4.78 is 4.67. The van der Waals surface area contributed by atoms with Gasteiger partial charge in [0.05, 0.1) is 5.56 Å². The molecule has 0 saturated carbocycles. The molecule has 0 heterocycles. The Bertz CT molecular complexity index is 581. The summed E-state index contributed by atoms with van der Waals surface area (Å²) in [6.07, 6.45) is 0. The normalized spacial score (nSPS) is 9.26. The third kappa shape index (κ3) is 3.92. The molecule has 2 aromatic carbocycles. The van der Waals surface area contributed by atoms with Gasteiger partial charge in [0.2, 0.25) is 0 Å². The Labute approximate surface area is 132 Å². The molecule has 0 amide bonds. The second kappa shape index (κ2) is 7.09. The molecule has 0 unspecified atom stereocenters. The number of hydrogen-bond donors (Lipinski definition) is 1. The van der Waals surface area contributed by atoms with Crippen LogP contribution in [0.25, 0.3) is 0 Å². The minimum atomic E-state index is -0.873. The van der Waals surface area contributed by atoms with E-state index in [-0.39, 0.29) is 46.4 Å². The number of phenols is 1. The summed E-state index contributed by atoms with van der Waals surface area (Å²) in [5.74, 6) is -1.84. The van der Waals surface area contributed by atoms with Crippen LogP contribution < -0.4 is 0 Å². The van der Waals surface area contributed by atoms with Crippen LogP contribution in [0.5, 0.6) is 5.75 Å². The van der Waals surface area contributed by atoms with E-state index in [1.165, 1.54) is 12.1 Å². The first-order valence-corrected chi connectivity index (χ1v) is 5.28. The van der Waals surface area contributed by atoms with Crippen LogP contribution in [0.4, 0.5) is 0 Å². The Balaban J connectivity index is 0.00000180. The minimum absolute atomic E-state index is 0. The quantitative estimate of drug-likeness (QED) is 0.511. The Hall–Kier alpha value is -1.62. The molecular formula is C14H11NaO4. The molecule has 0 saturated heterocycles. The zero-order valence-electron chi connectivity index (χ0n) is 9.37. The summed E-state index contributed by atoms with van der Waals surface area (Å²) >= 11 is 0. The van der Waals surface area contributed by atoms with Crippen LogP contribution in [0, 0.1) is 0 Å². The predicted molar refractivity (Wildman–Crippen MR) is 71.4 cm³/mol. The maximum atomic E-state index is 11.6. The molecule has 0 radical (unpaired) electrons. The molecular weight excluding hydrogens is 255 g/mol. The van der Waals surface area contributed by atoms with E-state index < -0.39 is 11.9 Å². The molecule has 2 rings (SSSR count). The molecule has 92 valence electrons. The average molecular weight is 266 g/mol. The van der Waals surface area contributed by atoms with Gasteiger partial charge in [0.1, 0.15) is 11.3 Å². The number of carbonyl (C=O) groups is 2. The van der Waals surface area contributed by atoms with Crippen molar-refractivity contribution in [2.24, 2.45) is 0 Å². The van der Waals surface area contributed by atoms with E-state index in [1.807, 2.05) is 0 Å². The van der Waals surface area contributed by atoms with Gasteiger partial charge in [-0.15, -0.1) is 0 Å². The Morgan fingerprint density at radius 1 is 0.842 bits per heavy atom. The molecule has 4 nitrogen and oxygen atoms in total. The summed E-state index contributed by atoms with van der Waals surface area (Å²) in [6.45, 7) is 0. The Morgan fingerprint density at radius 3 is 2.05 bits per heavy atom. The van der Waals surface area contributed by atoms with Gasteiger partial charge in [0.15, 0.2) is 0 Å². The fourth-order valence-corrected chi connectivity index (χ4v) is 1.42. The topological polar surface area (TPSA) is 63.6 Å². The van der Waals surface area contributed by atoms with Crippen molar-refractivity contribution in [1.82, 2.24) is 0 Å². The van der Waals surface area contributed by atoms with Crippen molar-refractivity contribution in [2.75, 3.05) is 0 Å². The molecule has 0 aromatic heterocycles. The third-order valence-corrected chi connectivity index (χ3v) is 2.32. The zero-order valence-corrected chi connectivity index (χ0v) is 9.37. The van der Waals surface area contributed by atoms with E-state index in [9.17, 15) is 14.7 Å². The fraction of sp³-hybridized carbons (Fsp3) is 0. The fourth-order valence-electron chi connectivity index (χ4n) is 1.42. The summed E-state index contributed by atoms with van der Waals surface area (Å²) in [5.41, 5.74) is 0.239. The summed E-state index contributed by atoms with van der Waals surface area (Å²) in [7, 11) is 0. The summed E-state index contributed by atoms with van der Waals surface area (Å²) in [6, 6.07) is 14.1. The zero-order chi connectivity index (χ0) is 13.0. The molecule has 1 N–H and O–H groups in total. The molecule has 0 fully saturated rings. The van der Waals surface area contributed by atoms with Crippen molar-refractivity contribution >= 4 is 41.5 Å². The van der Waals surface area contributed by atoms with Crippen molar-refractivity contribution in [3.63, 3.8) is 0 Å². The van der Waals surface area contributed by atoms with E-state index in [0.29, 0.717) is 0 Å². The van der Waals surface area contributed by atoms with Crippen LogP contribution in [-0.2, 0) is 4.74 Å². The van der Waals surface area contributed by atoms with Crippen LogP contribution in [0.15, 0.2) is 54.6 Å². The molecule has 0 atom stereocenters. The van der Waals surface area contributed by atoms with Crippen LogP contribution in [0.1, 0.15) is 20.7 Å². The Kier molecular flexibility index (Phi) is 5.76. The second-order valence-corrected chi connectivity index (χ2v) is 3.56. The number of benzene rings is 2. The van der Waals surface area contributed by atoms with Gasteiger partial charge >= 0.3 is 41.5 Å². The van der Waals surface area contributed by atoms with E-state index >= 15 is 0 Å². The van der Waals surface area contributed by atoms with E-state index in [4.69, 9.17) is 0 Å². The molecule has 0 aliphatic carbocycles. The first-order valence-electron chi connectivity index (χ1n) is 5.28. The van der Waals surface area contributed by atoms with Gasteiger partial charge in [0, 0.05) is 0 Å². The Morgan fingerprint density at radius 2 is 1.42 bits per heavy atom. The molecule has 19 heavy (non-hydrogen) atoms. The van der Waals surface area contributed by atoms with Crippen molar-refractivity contribution in [3.8, 4) is 5.75 Å². The van der Waals surface area contributed by atoms with E-state index in [0.717, 1.165) is 0 Å². The van der Waals surface area contributed by atoms with Crippen LogP contribution >= 0.6 is 0 Å². The standard InChI is InChI=1S/C14H10O4.Na.H/c15-12-9-5-4-8-11(12)14(17)18-13(16)10-6-2-1-3-7-10;;/h1-9,15H;;. The van der Waals surface area contributed by atoms with Crippen LogP contribution in [0.2, 0.25) is 0 Å². The van der Waals surface area contributed by atoms with Gasteiger partial charge in [-0.1, -0.05) is 30.3 Å². The van der Waals surface area contributed by atoms with Crippen molar-refractivity contribution in [3.05, 3.63) is 65.7 Å². The number of phenolic OH excluding ortho intramolecular Hbond substituents is 1. The molecule has 0 aliphatic heterocycles. The first-order chi connectivity index (χ1) is 8.68. The van der Waals surface area contributed by atoms with E-state index in [1.54, 1.807) is 42.5 Å². The van der Waals surface area contributed by atoms with Crippen molar-refractivity contribution in [1.29, 1.82) is 0 Å². The molecule has 0 bridgehead atoms. The summed E-state index contributed by atoms with van der Waals surface area (Å²) in [5, 5.41) is 9.45. The number of rotatable bonds is 2. The monoisotopic (exact) mass is 266 g/mol. The molecule has 2 aromatic rings. The van der Waals surface area contributed by atoms with Gasteiger partial charge in [-0.3, -0.25) is 0 Å². The number of ether oxygens (including phenoxy) is 1. The van der Waals surface area contributed by atoms with Gasteiger partial charge < -0.3 is 9.84 Å². The molecule has 5 heteroatoms. The van der Waals surface area contributed by atoms with E-state index in [2.05, 4.69) is 4.74 Å².